The van der Waals surface area contributed by atoms with Gasteiger partial charge in [-0.05, 0) is 22.0 Å². The van der Waals surface area contributed by atoms with E-state index < -0.39 is 0 Å². The van der Waals surface area contributed by atoms with Gasteiger partial charge in [0.05, 0.1) is 6.54 Å². The van der Waals surface area contributed by atoms with Gasteiger partial charge in [0.1, 0.15) is 5.69 Å². The molecule has 4 heteroatoms. The Morgan fingerprint density at radius 2 is 2.43 bits per heavy atom. The lowest BCUT2D eigenvalue weighted by Crippen LogP contribution is -2.28. The maximum absolute atomic E-state index is 11.8. The highest BCUT2D eigenvalue weighted by molar-refractivity contribution is 9.10. The molecule has 0 bridgehead atoms. The van der Waals surface area contributed by atoms with Gasteiger partial charge >= 0.3 is 0 Å². The van der Waals surface area contributed by atoms with E-state index in [-0.39, 0.29) is 5.91 Å². The predicted octanol–water partition coefficient (Wildman–Crippen LogP) is 1.49. The minimum absolute atomic E-state index is 0.0730. The summed E-state index contributed by atoms with van der Waals surface area (Å²) in [5.41, 5.74) is 0.620. The van der Waals surface area contributed by atoms with Gasteiger partial charge in [-0.15, -0.1) is 6.42 Å². The highest BCUT2D eigenvalue weighted by atomic mass is 79.9. The first-order chi connectivity index (χ1) is 6.56. The second-order valence-electron chi connectivity index (χ2n) is 3.02. The van der Waals surface area contributed by atoms with Crippen molar-refractivity contribution in [2.75, 3.05) is 13.6 Å². The maximum atomic E-state index is 11.8. The van der Waals surface area contributed by atoms with E-state index in [2.05, 4.69) is 21.9 Å². The molecule has 1 rings (SSSR count). The van der Waals surface area contributed by atoms with Crippen LogP contribution >= 0.6 is 15.9 Å². The average Bonchev–Trinajstić information content (AvgIpc) is 2.44. The highest BCUT2D eigenvalue weighted by Crippen LogP contribution is 2.14. The predicted molar refractivity (Wildman–Crippen MR) is 58.9 cm³/mol. The Bertz CT molecular complexity index is 389. The van der Waals surface area contributed by atoms with Gasteiger partial charge in [-0.3, -0.25) is 4.79 Å². The molecule has 0 aromatic carbocycles. The molecule has 1 aromatic heterocycles. The molecule has 0 radical (unpaired) electrons. The van der Waals surface area contributed by atoms with Crippen LogP contribution in [0.4, 0.5) is 0 Å². The molecule has 1 amide bonds. The van der Waals surface area contributed by atoms with Crippen molar-refractivity contribution in [1.29, 1.82) is 0 Å². The zero-order valence-corrected chi connectivity index (χ0v) is 9.71. The fourth-order valence-corrected chi connectivity index (χ4v) is 1.67. The molecule has 0 aliphatic heterocycles. The molecule has 0 fully saturated rings. The van der Waals surface area contributed by atoms with E-state index in [1.54, 1.807) is 17.7 Å². The highest BCUT2D eigenvalue weighted by Gasteiger charge is 2.14. The third-order valence-electron chi connectivity index (χ3n) is 1.87. The number of hydrogen-bond acceptors (Lipinski definition) is 1. The van der Waals surface area contributed by atoms with E-state index in [9.17, 15) is 4.79 Å². The molecule has 14 heavy (non-hydrogen) atoms. The first-order valence-corrected chi connectivity index (χ1v) is 4.86. The number of halogens is 1. The van der Waals surface area contributed by atoms with Crippen molar-refractivity contribution in [1.82, 2.24) is 9.47 Å². The number of amides is 1. The van der Waals surface area contributed by atoms with Crippen molar-refractivity contribution in [3.05, 3.63) is 22.4 Å². The molecule has 1 aromatic rings. The van der Waals surface area contributed by atoms with Crippen molar-refractivity contribution in [3.8, 4) is 12.3 Å². The first kappa shape index (κ1) is 10.9. The zero-order valence-electron chi connectivity index (χ0n) is 8.12. The second kappa shape index (κ2) is 4.34. The molecule has 74 valence electrons. The minimum atomic E-state index is -0.0730. The first-order valence-electron chi connectivity index (χ1n) is 4.07. The fraction of sp³-hybridized carbons (Fsp3) is 0.300. The van der Waals surface area contributed by atoms with Gasteiger partial charge in [0.15, 0.2) is 0 Å². The van der Waals surface area contributed by atoms with Gasteiger partial charge in [-0.25, -0.2) is 0 Å². The van der Waals surface area contributed by atoms with Crippen LogP contribution < -0.4 is 0 Å². The van der Waals surface area contributed by atoms with Crippen molar-refractivity contribution in [3.63, 3.8) is 0 Å². The van der Waals surface area contributed by atoms with Crippen LogP contribution in [0, 0.1) is 12.3 Å². The number of aryl methyl sites for hydroxylation is 1. The van der Waals surface area contributed by atoms with Crippen LogP contribution in [0.1, 0.15) is 10.5 Å². The number of carbonyl (C=O) groups is 1. The molecular weight excluding hydrogens is 244 g/mol. The summed E-state index contributed by atoms with van der Waals surface area (Å²) in [5, 5.41) is 0. The lowest BCUT2D eigenvalue weighted by molar-refractivity contribution is 0.0803. The molecule has 0 unspecified atom stereocenters. The number of hydrogen-bond donors (Lipinski definition) is 0. The van der Waals surface area contributed by atoms with Gasteiger partial charge in [0, 0.05) is 24.8 Å². The molecule has 0 saturated carbocycles. The Morgan fingerprint density at radius 3 is 2.86 bits per heavy atom. The second-order valence-corrected chi connectivity index (χ2v) is 3.94. The molecule has 3 nitrogen and oxygen atoms in total. The molecule has 1 heterocycles. The summed E-state index contributed by atoms with van der Waals surface area (Å²) in [6.07, 6.45) is 6.96. The van der Waals surface area contributed by atoms with Crippen molar-refractivity contribution >= 4 is 21.8 Å². The van der Waals surface area contributed by atoms with Crippen molar-refractivity contribution in [2.24, 2.45) is 7.05 Å². The Balaban J connectivity index is 2.90. The maximum Gasteiger partial charge on any atom is 0.271 e. The smallest absolute Gasteiger partial charge is 0.271 e. The summed E-state index contributed by atoms with van der Waals surface area (Å²) < 4.78 is 2.65. The number of terminal acetylenes is 1. The van der Waals surface area contributed by atoms with Crippen LogP contribution in [0.5, 0.6) is 0 Å². The molecular formula is C10H11BrN2O. The topological polar surface area (TPSA) is 25.2 Å². The van der Waals surface area contributed by atoms with Gasteiger partial charge < -0.3 is 9.47 Å². The number of rotatable bonds is 2. The third-order valence-corrected chi connectivity index (χ3v) is 2.30. The Labute approximate surface area is 91.8 Å². The van der Waals surface area contributed by atoms with Crippen LogP contribution in [-0.2, 0) is 7.05 Å². The summed E-state index contributed by atoms with van der Waals surface area (Å²) in [5.74, 6) is 2.36. The van der Waals surface area contributed by atoms with Crippen LogP contribution in [-0.4, -0.2) is 29.0 Å². The van der Waals surface area contributed by atoms with Crippen molar-refractivity contribution in [2.45, 2.75) is 0 Å². The molecule has 0 aliphatic carbocycles. The SMILES string of the molecule is C#CCN(C)C(=O)c1cc(Br)cn1C. The van der Waals surface area contributed by atoms with Gasteiger partial charge in [0.25, 0.3) is 5.91 Å². The van der Waals surface area contributed by atoms with E-state index in [1.165, 1.54) is 4.90 Å². The van der Waals surface area contributed by atoms with Crippen LogP contribution in [0.15, 0.2) is 16.7 Å². The number of aromatic nitrogens is 1. The average molecular weight is 255 g/mol. The Kier molecular flexibility index (Phi) is 3.37. The summed E-state index contributed by atoms with van der Waals surface area (Å²) in [6.45, 7) is 0.321. The molecule has 0 aliphatic rings. The number of carbonyl (C=O) groups excluding carboxylic acids is 1. The van der Waals surface area contributed by atoms with E-state index >= 15 is 0 Å². The summed E-state index contributed by atoms with van der Waals surface area (Å²) in [7, 11) is 3.50. The quantitative estimate of drug-likeness (QED) is 0.735. The molecule has 0 spiro atoms. The van der Waals surface area contributed by atoms with Crippen LogP contribution in [0.2, 0.25) is 0 Å². The summed E-state index contributed by atoms with van der Waals surface area (Å²) >= 11 is 3.31. The fourth-order valence-electron chi connectivity index (χ4n) is 1.14. The van der Waals surface area contributed by atoms with Gasteiger partial charge in [0.2, 0.25) is 0 Å². The van der Waals surface area contributed by atoms with Crippen LogP contribution in [0.3, 0.4) is 0 Å². The van der Waals surface area contributed by atoms with E-state index in [0.29, 0.717) is 12.2 Å². The Hall–Kier alpha value is -1.21. The Morgan fingerprint density at radius 1 is 1.79 bits per heavy atom. The van der Waals surface area contributed by atoms with Gasteiger partial charge in [-0.2, -0.15) is 0 Å². The van der Waals surface area contributed by atoms with E-state index in [4.69, 9.17) is 6.42 Å². The van der Waals surface area contributed by atoms with Crippen molar-refractivity contribution < 1.29 is 4.79 Å². The molecule has 0 saturated heterocycles. The van der Waals surface area contributed by atoms with E-state index in [0.717, 1.165) is 4.47 Å². The minimum Gasteiger partial charge on any atom is -0.345 e. The summed E-state index contributed by atoms with van der Waals surface area (Å²) in [6, 6.07) is 1.77. The van der Waals surface area contributed by atoms with E-state index in [1.807, 2.05) is 13.2 Å². The normalized spacial score (nSPS) is 9.57. The molecule has 0 atom stereocenters. The largest absolute Gasteiger partial charge is 0.345 e. The third kappa shape index (κ3) is 2.18. The standard InChI is InChI=1S/C10H11BrN2O/c1-4-5-12(2)10(14)9-6-8(11)7-13(9)3/h1,6-7H,5H2,2-3H3. The molecule has 0 N–H and O–H groups in total. The zero-order chi connectivity index (χ0) is 10.7. The number of nitrogens with zero attached hydrogens (tertiary/aromatic N) is 2. The lowest BCUT2D eigenvalue weighted by atomic mass is 10.3. The monoisotopic (exact) mass is 254 g/mol. The lowest BCUT2D eigenvalue weighted by Gasteiger charge is -2.13. The van der Waals surface area contributed by atoms with Gasteiger partial charge in [-0.1, -0.05) is 5.92 Å². The summed E-state index contributed by atoms with van der Waals surface area (Å²) in [4.78, 5) is 13.3. The van der Waals surface area contributed by atoms with Crippen LogP contribution in [0.25, 0.3) is 0 Å².